The average Bonchev–Trinajstić information content (AvgIpc) is 2.92. The first-order valence-electron chi connectivity index (χ1n) is 6.44. The van der Waals surface area contributed by atoms with E-state index in [4.69, 9.17) is 15.2 Å². The third-order valence-corrected chi connectivity index (χ3v) is 3.42. The molecular weight excluding hydrogens is 270 g/mol. The highest BCUT2D eigenvalue weighted by Gasteiger charge is 2.05. The summed E-state index contributed by atoms with van der Waals surface area (Å²) >= 11 is 1.63. The molecule has 0 amide bonds. The number of hydrogen-bond acceptors (Lipinski definition) is 4. The van der Waals surface area contributed by atoms with Gasteiger partial charge in [0.15, 0.2) is 11.5 Å². The van der Waals surface area contributed by atoms with Gasteiger partial charge < -0.3 is 15.2 Å². The van der Waals surface area contributed by atoms with Crippen LogP contribution < -0.4 is 15.2 Å². The van der Waals surface area contributed by atoms with Crippen LogP contribution in [0, 0.1) is 11.8 Å². The minimum atomic E-state index is 0.378. The summed E-state index contributed by atoms with van der Waals surface area (Å²) in [7, 11) is 0. The predicted molar refractivity (Wildman–Crippen MR) is 82.2 cm³/mol. The summed E-state index contributed by atoms with van der Waals surface area (Å²) in [6.45, 7) is 3.47. The molecular formula is C16H17NO2S. The topological polar surface area (TPSA) is 44.5 Å². The Kier molecular flexibility index (Phi) is 5.48. The largest absolute Gasteiger partial charge is 0.490 e. The lowest BCUT2D eigenvalue weighted by molar-refractivity contribution is 0.271. The number of thiophene rings is 1. The van der Waals surface area contributed by atoms with Crippen LogP contribution in [0.15, 0.2) is 35.7 Å². The van der Waals surface area contributed by atoms with E-state index in [0.29, 0.717) is 19.8 Å². The van der Waals surface area contributed by atoms with Crippen LogP contribution in [-0.2, 0) is 6.61 Å². The van der Waals surface area contributed by atoms with Crippen LogP contribution >= 0.6 is 11.3 Å². The molecule has 3 nitrogen and oxygen atoms in total. The van der Waals surface area contributed by atoms with E-state index in [2.05, 4.69) is 11.8 Å². The molecule has 2 aromatic rings. The molecule has 0 saturated carbocycles. The van der Waals surface area contributed by atoms with Gasteiger partial charge in [0.1, 0.15) is 6.61 Å². The van der Waals surface area contributed by atoms with E-state index in [1.165, 1.54) is 0 Å². The molecule has 0 atom stereocenters. The summed E-state index contributed by atoms with van der Waals surface area (Å²) < 4.78 is 11.3. The van der Waals surface area contributed by atoms with Crippen LogP contribution in [0.1, 0.15) is 17.4 Å². The maximum absolute atomic E-state index is 5.81. The molecule has 0 radical (unpaired) electrons. The van der Waals surface area contributed by atoms with Crippen molar-refractivity contribution in [1.29, 1.82) is 0 Å². The normalized spacial score (nSPS) is 9.70. The van der Waals surface area contributed by atoms with E-state index >= 15 is 0 Å². The van der Waals surface area contributed by atoms with Crippen molar-refractivity contribution < 1.29 is 9.47 Å². The Hall–Kier alpha value is -1.96. The van der Waals surface area contributed by atoms with E-state index in [-0.39, 0.29) is 0 Å². The van der Waals surface area contributed by atoms with E-state index in [9.17, 15) is 0 Å². The van der Waals surface area contributed by atoms with Crippen LogP contribution in [0.2, 0.25) is 0 Å². The molecule has 0 spiro atoms. The van der Waals surface area contributed by atoms with Gasteiger partial charge in [0.2, 0.25) is 0 Å². The Morgan fingerprint density at radius 2 is 1.95 bits per heavy atom. The standard InChI is InChI=1S/C16H17NO2S/c1-2-18-15-7-3-4-8-16(15)19-11-14-10-13(12-20-14)6-5-9-17/h3-4,7-8,10,12H,2,9,11,17H2,1H3. The molecule has 20 heavy (non-hydrogen) atoms. The van der Waals surface area contributed by atoms with E-state index in [1.807, 2.05) is 42.6 Å². The molecule has 0 saturated heterocycles. The average molecular weight is 287 g/mol. The Labute approximate surface area is 123 Å². The second-order valence-corrected chi connectivity index (χ2v) is 4.97. The molecule has 2 N–H and O–H groups in total. The summed E-state index contributed by atoms with van der Waals surface area (Å²) in [4.78, 5) is 1.12. The summed E-state index contributed by atoms with van der Waals surface area (Å²) in [5.74, 6) is 7.39. The SMILES string of the molecule is CCOc1ccccc1OCc1cc(C#CCN)cs1. The van der Waals surface area contributed by atoms with Gasteiger partial charge in [0.25, 0.3) is 0 Å². The quantitative estimate of drug-likeness (QED) is 0.860. The molecule has 0 aliphatic heterocycles. The van der Waals surface area contributed by atoms with E-state index < -0.39 is 0 Å². The third kappa shape index (κ3) is 4.02. The zero-order chi connectivity index (χ0) is 14.2. The first kappa shape index (κ1) is 14.4. The van der Waals surface area contributed by atoms with Gasteiger partial charge in [0.05, 0.1) is 13.2 Å². The van der Waals surface area contributed by atoms with Crippen LogP contribution in [0.25, 0.3) is 0 Å². The number of benzene rings is 1. The number of nitrogens with two attached hydrogens (primary N) is 1. The first-order valence-corrected chi connectivity index (χ1v) is 7.32. The lowest BCUT2D eigenvalue weighted by Crippen LogP contribution is -1.98. The Bertz CT molecular complexity index is 610. The number of hydrogen-bond donors (Lipinski definition) is 1. The highest BCUT2D eigenvalue weighted by molar-refractivity contribution is 7.10. The van der Waals surface area contributed by atoms with Crippen LogP contribution in [0.5, 0.6) is 11.5 Å². The fraction of sp³-hybridized carbons (Fsp3) is 0.250. The Morgan fingerprint density at radius 3 is 2.65 bits per heavy atom. The minimum Gasteiger partial charge on any atom is -0.490 e. The zero-order valence-corrected chi connectivity index (χ0v) is 12.2. The van der Waals surface area contributed by atoms with Gasteiger partial charge >= 0.3 is 0 Å². The molecule has 1 aromatic heterocycles. The van der Waals surface area contributed by atoms with Crippen molar-refractivity contribution in [3.05, 3.63) is 46.2 Å². The van der Waals surface area contributed by atoms with Crippen molar-refractivity contribution in [3.8, 4) is 23.3 Å². The molecule has 0 aliphatic carbocycles. The fourth-order valence-electron chi connectivity index (χ4n) is 1.67. The molecule has 0 bridgehead atoms. The molecule has 0 fully saturated rings. The molecule has 1 heterocycles. The monoisotopic (exact) mass is 287 g/mol. The first-order chi connectivity index (χ1) is 9.83. The van der Waals surface area contributed by atoms with E-state index in [1.54, 1.807) is 11.3 Å². The van der Waals surface area contributed by atoms with Crippen molar-refractivity contribution in [2.45, 2.75) is 13.5 Å². The minimum absolute atomic E-state index is 0.378. The van der Waals surface area contributed by atoms with Crippen molar-refractivity contribution in [2.75, 3.05) is 13.2 Å². The second kappa shape index (κ2) is 7.59. The number of rotatable bonds is 5. The van der Waals surface area contributed by atoms with Gasteiger partial charge in [-0.05, 0) is 25.1 Å². The van der Waals surface area contributed by atoms with Crippen LogP contribution in [0.3, 0.4) is 0 Å². The summed E-state index contributed by atoms with van der Waals surface area (Å²) in [5.41, 5.74) is 6.34. The van der Waals surface area contributed by atoms with Gasteiger partial charge in [0, 0.05) is 15.8 Å². The summed E-state index contributed by atoms with van der Waals surface area (Å²) in [6, 6.07) is 9.71. The smallest absolute Gasteiger partial charge is 0.161 e. The second-order valence-electron chi connectivity index (χ2n) is 3.98. The molecule has 104 valence electrons. The van der Waals surface area contributed by atoms with Crippen LogP contribution in [0.4, 0.5) is 0 Å². The molecule has 0 unspecified atom stereocenters. The Morgan fingerprint density at radius 1 is 1.20 bits per heavy atom. The summed E-state index contributed by atoms with van der Waals surface area (Å²) in [6.07, 6.45) is 0. The van der Waals surface area contributed by atoms with Gasteiger partial charge in [-0.25, -0.2) is 0 Å². The van der Waals surface area contributed by atoms with Gasteiger partial charge in [-0.15, -0.1) is 11.3 Å². The van der Waals surface area contributed by atoms with Crippen LogP contribution in [-0.4, -0.2) is 13.2 Å². The van der Waals surface area contributed by atoms with Gasteiger partial charge in [-0.2, -0.15) is 0 Å². The molecule has 0 aliphatic rings. The lowest BCUT2D eigenvalue weighted by Gasteiger charge is -2.10. The van der Waals surface area contributed by atoms with Gasteiger partial charge in [-0.3, -0.25) is 0 Å². The highest BCUT2D eigenvalue weighted by Crippen LogP contribution is 2.27. The molecule has 4 heteroatoms. The highest BCUT2D eigenvalue weighted by atomic mass is 32.1. The van der Waals surface area contributed by atoms with Crippen molar-refractivity contribution >= 4 is 11.3 Å². The zero-order valence-electron chi connectivity index (χ0n) is 11.4. The molecule has 2 rings (SSSR count). The van der Waals surface area contributed by atoms with Crippen molar-refractivity contribution in [2.24, 2.45) is 5.73 Å². The molecule has 1 aromatic carbocycles. The van der Waals surface area contributed by atoms with E-state index in [0.717, 1.165) is 21.9 Å². The van der Waals surface area contributed by atoms with Crippen molar-refractivity contribution in [1.82, 2.24) is 0 Å². The maximum atomic E-state index is 5.81. The van der Waals surface area contributed by atoms with Crippen molar-refractivity contribution in [3.63, 3.8) is 0 Å². The Balaban J connectivity index is 2.00. The predicted octanol–water partition coefficient (Wildman–Crippen LogP) is 3.04. The number of ether oxygens (including phenoxy) is 2. The number of para-hydroxylation sites is 2. The lowest BCUT2D eigenvalue weighted by atomic mass is 10.3. The van der Waals surface area contributed by atoms with Gasteiger partial charge in [-0.1, -0.05) is 24.0 Å². The third-order valence-electron chi connectivity index (χ3n) is 2.51. The summed E-state index contributed by atoms with van der Waals surface area (Å²) in [5, 5.41) is 2.01. The fourth-order valence-corrected chi connectivity index (χ4v) is 2.40. The maximum Gasteiger partial charge on any atom is 0.161 e.